The molecule has 2 aromatic rings. The fourth-order valence-corrected chi connectivity index (χ4v) is 4.68. The number of urea groups is 1. The zero-order chi connectivity index (χ0) is 18.8. The summed E-state index contributed by atoms with van der Waals surface area (Å²) < 4.78 is 0. The van der Waals surface area contributed by atoms with Gasteiger partial charge in [0.05, 0.1) is 10.9 Å². The Balaban J connectivity index is 1.46. The minimum absolute atomic E-state index is 0.107. The number of amides is 3. The third-order valence-electron chi connectivity index (χ3n) is 5.43. The highest BCUT2D eigenvalue weighted by atomic mass is 32.1. The number of thiophene rings is 1. The number of nitrogens with one attached hydrogen (secondary N) is 1. The fraction of sp³-hybridized carbons (Fsp3) is 0.429. The highest BCUT2D eigenvalue weighted by Gasteiger charge is 2.33. The molecule has 0 saturated carbocycles. The Morgan fingerprint density at radius 3 is 2.89 bits per heavy atom. The minimum atomic E-state index is -0.125. The number of piperidine rings is 1. The fourth-order valence-electron chi connectivity index (χ4n) is 4.07. The van der Waals surface area contributed by atoms with Gasteiger partial charge in [-0.15, -0.1) is 11.3 Å². The number of likely N-dealkylation sites (tertiary alicyclic amines) is 1. The predicted octanol–water partition coefficient (Wildman–Crippen LogP) is 4.28. The number of rotatable bonds is 2. The van der Waals surface area contributed by atoms with Crippen LogP contribution in [-0.2, 0) is 11.2 Å². The van der Waals surface area contributed by atoms with Crippen molar-refractivity contribution in [1.29, 1.82) is 0 Å². The SMILES string of the molecule is Cc1ccc2c(c1)CCCN2C(=O)C1CCCN(C(=O)Nc2cccs2)C1. The van der Waals surface area contributed by atoms with Crippen molar-refractivity contribution < 1.29 is 9.59 Å². The summed E-state index contributed by atoms with van der Waals surface area (Å²) in [6, 6.07) is 10.0. The van der Waals surface area contributed by atoms with E-state index in [1.807, 2.05) is 22.4 Å². The first-order chi connectivity index (χ1) is 13.1. The lowest BCUT2D eigenvalue weighted by Crippen LogP contribution is -2.49. The van der Waals surface area contributed by atoms with Gasteiger partial charge in [0.25, 0.3) is 0 Å². The number of carbonyl (C=O) groups is 2. The molecule has 0 radical (unpaired) electrons. The maximum Gasteiger partial charge on any atom is 0.322 e. The van der Waals surface area contributed by atoms with Crippen molar-refractivity contribution in [3.8, 4) is 0 Å². The van der Waals surface area contributed by atoms with Gasteiger partial charge < -0.3 is 9.80 Å². The van der Waals surface area contributed by atoms with Crippen molar-refractivity contribution >= 4 is 34.0 Å². The van der Waals surface area contributed by atoms with E-state index < -0.39 is 0 Å². The van der Waals surface area contributed by atoms with Crippen molar-refractivity contribution in [2.75, 3.05) is 29.9 Å². The van der Waals surface area contributed by atoms with Crippen LogP contribution in [0.1, 0.15) is 30.4 Å². The number of nitrogens with zero attached hydrogens (tertiary/aromatic N) is 2. The molecule has 27 heavy (non-hydrogen) atoms. The highest BCUT2D eigenvalue weighted by Crippen LogP contribution is 2.31. The lowest BCUT2D eigenvalue weighted by molar-refractivity contribution is -0.123. The van der Waals surface area contributed by atoms with Crippen LogP contribution in [0.3, 0.4) is 0 Å². The molecule has 5 nitrogen and oxygen atoms in total. The van der Waals surface area contributed by atoms with Crippen LogP contribution in [-0.4, -0.2) is 36.5 Å². The summed E-state index contributed by atoms with van der Waals surface area (Å²) in [7, 11) is 0. The standard InChI is InChI=1S/C21H25N3O2S/c1-15-8-9-18-16(13-15)5-3-11-24(18)20(25)17-6-2-10-23(14-17)21(26)22-19-7-4-12-27-19/h4,7-9,12-13,17H,2-3,5-6,10-11,14H2,1H3,(H,22,26). The molecule has 2 aliphatic rings. The van der Waals surface area contributed by atoms with Gasteiger partial charge in [0.15, 0.2) is 0 Å². The molecule has 0 bridgehead atoms. The summed E-state index contributed by atoms with van der Waals surface area (Å²) in [5, 5.41) is 5.71. The van der Waals surface area contributed by atoms with Gasteiger partial charge in [0, 0.05) is 25.3 Å². The molecule has 142 valence electrons. The van der Waals surface area contributed by atoms with Crippen LogP contribution in [0.5, 0.6) is 0 Å². The van der Waals surface area contributed by atoms with Crippen molar-refractivity contribution in [1.82, 2.24) is 4.90 Å². The normalized spacial score (nSPS) is 19.5. The first kappa shape index (κ1) is 18.0. The molecule has 1 atom stereocenters. The topological polar surface area (TPSA) is 52.7 Å². The summed E-state index contributed by atoms with van der Waals surface area (Å²) in [5.74, 6) is 0.0357. The molecule has 0 spiro atoms. The van der Waals surface area contributed by atoms with Crippen molar-refractivity contribution in [2.45, 2.75) is 32.6 Å². The summed E-state index contributed by atoms with van der Waals surface area (Å²) in [6.07, 6.45) is 3.74. The van der Waals surface area contributed by atoms with E-state index in [2.05, 4.69) is 30.4 Å². The van der Waals surface area contributed by atoms with Gasteiger partial charge in [0.1, 0.15) is 0 Å². The molecule has 1 N–H and O–H groups in total. The maximum atomic E-state index is 13.3. The summed E-state index contributed by atoms with van der Waals surface area (Å²) >= 11 is 1.50. The van der Waals surface area contributed by atoms with Crippen molar-refractivity contribution in [2.24, 2.45) is 5.92 Å². The molecule has 2 aliphatic heterocycles. The number of hydrogen-bond donors (Lipinski definition) is 1. The Morgan fingerprint density at radius 2 is 2.07 bits per heavy atom. The van der Waals surface area contributed by atoms with E-state index in [0.29, 0.717) is 13.1 Å². The molecule has 3 heterocycles. The first-order valence-electron chi connectivity index (χ1n) is 9.62. The van der Waals surface area contributed by atoms with E-state index in [1.54, 1.807) is 4.90 Å². The summed E-state index contributed by atoms with van der Waals surface area (Å²) in [4.78, 5) is 29.5. The predicted molar refractivity (Wildman–Crippen MR) is 109 cm³/mol. The quantitative estimate of drug-likeness (QED) is 0.841. The van der Waals surface area contributed by atoms with Gasteiger partial charge >= 0.3 is 6.03 Å². The van der Waals surface area contributed by atoms with Gasteiger partial charge in [-0.3, -0.25) is 10.1 Å². The van der Waals surface area contributed by atoms with Crippen LogP contribution < -0.4 is 10.2 Å². The molecule has 6 heteroatoms. The zero-order valence-corrected chi connectivity index (χ0v) is 16.4. The van der Waals surface area contributed by atoms with Gasteiger partial charge in [0.2, 0.25) is 5.91 Å². The maximum absolute atomic E-state index is 13.3. The Labute approximate surface area is 164 Å². The van der Waals surface area contributed by atoms with Crippen molar-refractivity contribution in [3.05, 3.63) is 46.8 Å². The van der Waals surface area contributed by atoms with Gasteiger partial charge in [-0.25, -0.2) is 4.79 Å². The van der Waals surface area contributed by atoms with E-state index in [4.69, 9.17) is 0 Å². The van der Waals surface area contributed by atoms with E-state index in [0.717, 1.165) is 42.9 Å². The number of anilines is 2. The average molecular weight is 384 g/mol. The second-order valence-corrected chi connectivity index (χ2v) is 8.37. The zero-order valence-electron chi connectivity index (χ0n) is 15.6. The van der Waals surface area contributed by atoms with Crippen LogP contribution in [0.15, 0.2) is 35.7 Å². The lowest BCUT2D eigenvalue weighted by atomic mass is 9.93. The van der Waals surface area contributed by atoms with Gasteiger partial charge in [-0.1, -0.05) is 17.7 Å². The second kappa shape index (κ2) is 7.72. The molecule has 0 aliphatic carbocycles. The van der Waals surface area contributed by atoms with Crippen LogP contribution in [0.4, 0.5) is 15.5 Å². The monoisotopic (exact) mass is 383 g/mol. The molecule has 1 unspecified atom stereocenters. The highest BCUT2D eigenvalue weighted by molar-refractivity contribution is 7.14. The van der Waals surface area contributed by atoms with Crippen molar-refractivity contribution in [3.63, 3.8) is 0 Å². The third kappa shape index (κ3) is 3.86. The number of fused-ring (bicyclic) bond motifs is 1. The summed E-state index contributed by atoms with van der Waals surface area (Å²) in [5.41, 5.74) is 3.55. The van der Waals surface area contributed by atoms with Crippen LogP contribution in [0.25, 0.3) is 0 Å². The Kier molecular flexibility index (Phi) is 5.16. The first-order valence-corrected chi connectivity index (χ1v) is 10.5. The molecular weight excluding hydrogens is 358 g/mol. The number of carbonyl (C=O) groups excluding carboxylic acids is 2. The van der Waals surface area contributed by atoms with Gasteiger partial charge in [-0.05, 0) is 61.7 Å². The van der Waals surface area contributed by atoms with E-state index in [1.165, 1.54) is 22.5 Å². The molecule has 1 aromatic carbocycles. The Morgan fingerprint density at radius 1 is 1.19 bits per heavy atom. The molecule has 3 amide bonds. The smallest absolute Gasteiger partial charge is 0.322 e. The molecule has 1 saturated heterocycles. The van der Waals surface area contributed by atoms with Crippen LogP contribution >= 0.6 is 11.3 Å². The molecule has 4 rings (SSSR count). The van der Waals surface area contributed by atoms with E-state index in [9.17, 15) is 9.59 Å². The lowest BCUT2D eigenvalue weighted by Gasteiger charge is -2.37. The Bertz CT molecular complexity index is 834. The summed E-state index contributed by atoms with van der Waals surface area (Å²) in [6.45, 7) is 4.06. The molecular formula is C21H25N3O2S. The van der Waals surface area contributed by atoms with E-state index >= 15 is 0 Å². The minimum Gasteiger partial charge on any atom is -0.324 e. The molecule has 1 aromatic heterocycles. The average Bonchev–Trinajstić information content (AvgIpc) is 3.20. The molecule has 1 fully saturated rings. The second-order valence-electron chi connectivity index (χ2n) is 7.42. The number of hydrogen-bond acceptors (Lipinski definition) is 3. The Hall–Kier alpha value is -2.34. The van der Waals surface area contributed by atoms with Crippen LogP contribution in [0.2, 0.25) is 0 Å². The third-order valence-corrected chi connectivity index (χ3v) is 6.21. The number of benzene rings is 1. The van der Waals surface area contributed by atoms with E-state index in [-0.39, 0.29) is 17.9 Å². The largest absolute Gasteiger partial charge is 0.324 e. The number of aryl methyl sites for hydroxylation is 2. The van der Waals surface area contributed by atoms with Crippen LogP contribution in [0, 0.1) is 12.8 Å². The van der Waals surface area contributed by atoms with Gasteiger partial charge in [-0.2, -0.15) is 0 Å².